The van der Waals surface area contributed by atoms with Gasteiger partial charge in [-0.15, -0.1) is 11.6 Å². The number of hydrogen-bond donors (Lipinski definition) is 0. The van der Waals surface area contributed by atoms with Gasteiger partial charge >= 0.3 is 23.9 Å². The quantitative estimate of drug-likeness (QED) is 0.140. The first-order valence-electron chi connectivity index (χ1n) is 13.6. The highest BCUT2D eigenvalue weighted by Crippen LogP contribution is 2.35. The SMILES string of the molecule is O=C(O[C@@H]1[C@@H](OC(=O)c2ccccc2)[C@H](OC(=O)c2ccccc2)C[C@H](Cl)[C@H]1OC(=O)c1ccccc1)c1ccccc1. The van der Waals surface area contributed by atoms with Crippen molar-refractivity contribution in [3.8, 4) is 0 Å². The molecule has 0 heterocycles. The number of hydrogen-bond acceptors (Lipinski definition) is 8. The Kier molecular flexibility index (Phi) is 9.49. The molecule has 1 fully saturated rings. The average molecular weight is 599 g/mol. The van der Waals surface area contributed by atoms with E-state index < -0.39 is 53.7 Å². The van der Waals surface area contributed by atoms with Crippen LogP contribution in [0.1, 0.15) is 47.9 Å². The summed E-state index contributed by atoms with van der Waals surface area (Å²) >= 11 is 6.78. The Morgan fingerprint density at radius 3 is 1.12 bits per heavy atom. The predicted molar refractivity (Wildman–Crippen MR) is 157 cm³/mol. The highest BCUT2D eigenvalue weighted by Gasteiger charge is 2.52. The van der Waals surface area contributed by atoms with Crippen LogP contribution in [0.2, 0.25) is 0 Å². The van der Waals surface area contributed by atoms with Crippen molar-refractivity contribution in [2.24, 2.45) is 0 Å². The van der Waals surface area contributed by atoms with Crippen LogP contribution in [0.4, 0.5) is 0 Å². The number of ether oxygens (including phenoxy) is 4. The molecule has 0 aromatic heterocycles. The second-order valence-electron chi connectivity index (χ2n) is 9.77. The molecule has 8 nitrogen and oxygen atoms in total. The van der Waals surface area contributed by atoms with Crippen LogP contribution in [0, 0.1) is 0 Å². The van der Waals surface area contributed by atoms with Crippen LogP contribution < -0.4 is 0 Å². The summed E-state index contributed by atoms with van der Waals surface area (Å²) < 4.78 is 23.4. The largest absolute Gasteiger partial charge is 0.455 e. The van der Waals surface area contributed by atoms with Crippen molar-refractivity contribution in [2.45, 2.75) is 36.2 Å². The summed E-state index contributed by atoms with van der Waals surface area (Å²) in [7, 11) is 0. The van der Waals surface area contributed by atoms with Gasteiger partial charge in [-0.3, -0.25) is 0 Å². The molecule has 0 spiro atoms. The maximum absolute atomic E-state index is 13.3. The average Bonchev–Trinajstić information content (AvgIpc) is 3.05. The fourth-order valence-electron chi connectivity index (χ4n) is 4.71. The zero-order valence-electron chi connectivity index (χ0n) is 22.8. The third-order valence-electron chi connectivity index (χ3n) is 6.85. The minimum atomic E-state index is -1.43. The molecule has 0 N–H and O–H groups in total. The predicted octanol–water partition coefficient (Wildman–Crippen LogP) is 5.90. The summed E-state index contributed by atoms with van der Waals surface area (Å²) in [5, 5.41) is -0.985. The van der Waals surface area contributed by atoms with Crippen molar-refractivity contribution >= 4 is 35.5 Å². The Hall–Kier alpha value is -4.95. The lowest BCUT2D eigenvalue weighted by Gasteiger charge is -2.42. The Bertz CT molecular complexity index is 1550. The van der Waals surface area contributed by atoms with Crippen LogP contribution in [0.5, 0.6) is 0 Å². The number of esters is 4. The third kappa shape index (κ3) is 7.28. The minimum absolute atomic E-state index is 0.0704. The summed E-state index contributed by atoms with van der Waals surface area (Å²) in [6.45, 7) is 0. The van der Waals surface area contributed by atoms with E-state index in [0.29, 0.717) is 0 Å². The van der Waals surface area contributed by atoms with Gasteiger partial charge in [-0.2, -0.15) is 0 Å². The minimum Gasteiger partial charge on any atom is -0.455 e. The van der Waals surface area contributed by atoms with Crippen LogP contribution in [-0.4, -0.2) is 53.7 Å². The van der Waals surface area contributed by atoms with Crippen molar-refractivity contribution in [3.63, 3.8) is 0 Å². The van der Waals surface area contributed by atoms with Crippen molar-refractivity contribution in [3.05, 3.63) is 144 Å². The van der Waals surface area contributed by atoms with Crippen LogP contribution in [0.3, 0.4) is 0 Å². The van der Waals surface area contributed by atoms with Crippen molar-refractivity contribution in [2.75, 3.05) is 0 Å². The smallest absolute Gasteiger partial charge is 0.338 e. The van der Waals surface area contributed by atoms with E-state index in [1.54, 1.807) is 121 Å². The molecular formula is C34H27ClO8. The fourth-order valence-corrected chi connectivity index (χ4v) is 5.08. The van der Waals surface area contributed by atoms with Crippen molar-refractivity contribution in [1.29, 1.82) is 0 Å². The van der Waals surface area contributed by atoms with Gasteiger partial charge in [0.15, 0.2) is 18.3 Å². The molecule has 218 valence electrons. The second-order valence-corrected chi connectivity index (χ2v) is 10.3. The van der Waals surface area contributed by atoms with Crippen molar-refractivity contribution < 1.29 is 38.1 Å². The summed E-state index contributed by atoms with van der Waals surface area (Å²) in [4.78, 5) is 52.9. The third-order valence-corrected chi connectivity index (χ3v) is 7.28. The Morgan fingerprint density at radius 1 is 0.442 bits per heavy atom. The highest BCUT2D eigenvalue weighted by atomic mass is 35.5. The molecule has 0 amide bonds. The topological polar surface area (TPSA) is 105 Å². The molecule has 0 radical (unpaired) electrons. The molecule has 43 heavy (non-hydrogen) atoms. The first-order chi connectivity index (χ1) is 20.9. The van der Waals surface area contributed by atoms with E-state index in [1.807, 2.05) is 0 Å². The van der Waals surface area contributed by atoms with Crippen LogP contribution in [0.15, 0.2) is 121 Å². The first-order valence-corrected chi connectivity index (χ1v) is 14.0. The molecule has 1 aliphatic rings. The molecule has 0 bridgehead atoms. The lowest BCUT2D eigenvalue weighted by atomic mass is 9.88. The van der Waals surface area contributed by atoms with Gasteiger partial charge in [0.1, 0.15) is 6.10 Å². The van der Waals surface area contributed by atoms with Gasteiger partial charge in [0.2, 0.25) is 0 Å². The van der Waals surface area contributed by atoms with E-state index >= 15 is 0 Å². The summed E-state index contributed by atoms with van der Waals surface area (Å²) in [5.74, 6) is -2.94. The molecule has 0 saturated heterocycles. The van der Waals surface area contributed by atoms with Gasteiger partial charge in [-0.05, 0) is 48.5 Å². The van der Waals surface area contributed by atoms with Gasteiger partial charge in [0, 0.05) is 6.42 Å². The van der Waals surface area contributed by atoms with Gasteiger partial charge in [0.25, 0.3) is 0 Å². The van der Waals surface area contributed by atoms with Gasteiger partial charge < -0.3 is 18.9 Å². The Balaban J connectivity index is 1.51. The lowest BCUT2D eigenvalue weighted by Crippen LogP contribution is -2.59. The van der Waals surface area contributed by atoms with Crippen LogP contribution >= 0.6 is 11.6 Å². The first kappa shape index (κ1) is 29.5. The van der Waals surface area contributed by atoms with E-state index in [1.165, 1.54) is 0 Å². The standard InChI is InChI=1S/C34H27ClO8/c35-26-21-27(40-31(36)22-13-5-1-6-14-22)29(42-33(38)24-17-9-3-10-18-24)30(43-34(39)25-19-11-4-12-20-25)28(26)41-32(37)23-15-7-2-8-16-23/h1-20,26-30H,21H2/t26-,27+,28+,29-,30-/m0/s1. The molecule has 1 aliphatic carbocycles. The Labute approximate surface area is 253 Å². The number of carbonyl (C=O) groups excluding carboxylic acids is 4. The number of rotatable bonds is 8. The summed E-state index contributed by atoms with van der Waals surface area (Å²) in [6, 6.07) is 32.8. The normalized spacial score (nSPS) is 21.2. The summed E-state index contributed by atoms with van der Waals surface area (Å²) in [6.07, 6.45) is -5.29. The van der Waals surface area contributed by atoms with Gasteiger partial charge in [-0.25, -0.2) is 19.2 Å². The maximum atomic E-state index is 13.3. The number of alkyl halides is 1. The second kappa shape index (κ2) is 13.8. The van der Waals surface area contributed by atoms with E-state index in [0.717, 1.165) is 0 Å². The fraction of sp³-hybridized carbons (Fsp3) is 0.176. The number of carbonyl (C=O) groups is 4. The van der Waals surface area contributed by atoms with Crippen molar-refractivity contribution in [1.82, 2.24) is 0 Å². The Morgan fingerprint density at radius 2 is 0.744 bits per heavy atom. The van der Waals surface area contributed by atoms with E-state index in [9.17, 15) is 19.2 Å². The zero-order chi connectivity index (χ0) is 30.2. The van der Waals surface area contributed by atoms with E-state index in [-0.39, 0.29) is 28.7 Å². The number of benzene rings is 4. The number of halogens is 1. The molecule has 9 heteroatoms. The monoisotopic (exact) mass is 598 g/mol. The zero-order valence-corrected chi connectivity index (χ0v) is 23.5. The molecule has 5 rings (SSSR count). The summed E-state index contributed by atoms with van der Waals surface area (Å²) in [5.41, 5.74) is 0.931. The van der Waals surface area contributed by atoms with Crippen LogP contribution in [-0.2, 0) is 18.9 Å². The van der Waals surface area contributed by atoms with E-state index in [4.69, 9.17) is 30.5 Å². The molecule has 4 aromatic carbocycles. The molecule has 0 aliphatic heterocycles. The van der Waals surface area contributed by atoms with Gasteiger partial charge in [0.05, 0.1) is 27.6 Å². The highest BCUT2D eigenvalue weighted by molar-refractivity contribution is 6.21. The lowest BCUT2D eigenvalue weighted by molar-refractivity contribution is -0.145. The molecule has 5 atom stereocenters. The van der Waals surface area contributed by atoms with Gasteiger partial charge in [-0.1, -0.05) is 72.8 Å². The molecule has 1 saturated carbocycles. The molecular weight excluding hydrogens is 572 g/mol. The van der Waals surface area contributed by atoms with E-state index in [2.05, 4.69) is 0 Å². The molecule has 0 unspecified atom stereocenters. The maximum Gasteiger partial charge on any atom is 0.338 e. The van der Waals surface area contributed by atoms with Crippen LogP contribution in [0.25, 0.3) is 0 Å². The molecule has 4 aromatic rings.